The molecule has 82 valence electrons. The van der Waals surface area contributed by atoms with Crippen molar-refractivity contribution in [3.63, 3.8) is 0 Å². The number of nitrogens with one attached hydrogen (secondary N) is 1. The Labute approximate surface area is 92.5 Å². The monoisotopic (exact) mass is 226 g/mol. The van der Waals surface area contributed by atoms with Crippen LogP contribution < -0.4 is 5.32 Å². The first-order valence-corrected chi connectivity index (χ1v) is 5.89. The highest BCUT2D eigenvalue weighted by Crippen LogP contribution is 2.32. The van der Waals surface area contributed by atoms with Crippen LogP contribution in [0.3, 0.4) is 0 Å². The Bertz CT molecular complexity index is 371. The first-order valence-electron chi connectivity index (χ1n) is 5.07. The smallest absolute Gasteiger partial charge is 0.307 e. The maximum atomic E-state index is 10.5. The number of hydrogen-bond donors (Lipinski definition) is 1. The zero-order chi connectivity index (χ0) is 10.9. The molecule has 0 spiro atoms. The fourth-order valence-corrected chi connectivity index (χ4v) is 2.50. The van der Waals surface area contributed by atoms with E-state index in [1.54, 1.807) is 6.07 Å². The summed E-state index contributed by atoms with van der Waals surface area (Å²) in [6.07, 6.45) is 3.70. The van der Waals surface area contributed by atoms with Gasteiger partial charge in [0.1, 0.15) is 0 Å². The maximum absolute atomic E-state index is 10.5. The highest BCUT2D eigenvalue weighted by atomic mass is 32.1. The minimum absolute atomic E-state index is 0.227. The molecule has 1 aliphatic carbocycles. The van der Waals surface area contributed by atoms with Crippen LogP contribution in [-0.2, 0) is 6.54 Å². The largest absolute Gasteiger partial charge is 0.324 e. The molecule has 15 heavy (non-hydrogen) atoms. The van der Waals surface area contributed by atoms with E-state index in [9.17, 15) is 10.1 Å². The predicted molar refractivity (Wildman–Crippen MR) is 60.1 cm³/mol. The summed E-state index contributed by atoms with van der Waals surface area (Å²) < 4.78 is 0. The van der Waals surface area contributed by atoms with Gasteiger partial charge in [-0.25, -0.2) is 0 Å². The molecule has 0 bridgehead atoms. The second-order valence-corrected chi connectivity index (χ2v) is 5.41. The molecule has 0 amide bonds. The topological polar surface area (TPSA) is 55.2 Å². The van der Waals surface area contributed by atoms with Crippen molar-refractivity contribution in [2.75, 3.05) is 0 Å². The standard InChI is InChI=1S/C10H14N2O2S/c1-10(5-2-6-10)11-7-8-3-4-9(15-8)12(13)14/h3-4,11H,2,5-7H2,1H3. The highest BCUT2D eigenvalue weighted by Gasteiger charge is 2.30. The summed E-state index contributed by atoms with van der Waals surface area (Å²) in [4.78, 5) is 11.2. The molecule has 0 aromatic carbocycles. The molecule has 4 nitrogen and oxygen atoms in total. The van der Waals surface area contributed by atoms with Crippen LogP contribution in [0.5, 0.6) is 0 Å². The summed E-state index contributed by atoms with van der Waals surface area (Å²) in [5.74, 6) is 0. The van der Waals surface area contributed by atoms with Crippen molar-refractivity contribution in [2.45, 2.75) is 38.3 Å². The lowest BCUT2D eigenvalue weighted by molar-refractivity contribution is -0.380. The Kier molecular flexibility index (Phi) is 2.75. The van der Waals surface area contributed by atoms with E-state index < -0.39 is 0 Å². The average molecular weight is 226 g/mol. The lowest BCUT2D eigenvalue weighted by atomic mass is 9.78. The molecule has 0 aliphatic heterocycles. The molecule has 1 N–H and O–H groups in total. The molecule has 2 rings (SSSR count). The molecule has 1 aromatic rings. The van der Waals surface area contributed by atoms with Gasteiger partial charge < -0.3 is 5.32 Å². The molecular formula is C10H14N2O2S. The van der Waals surface area contributed by atoms with Gasteiger partial charge in [-0.2, -0.15) is 0 Å². The fourth-order valence-electron chi connectivity index (χ4n) is 1.74. The van der Waals surface area contributed by atoms with Crippen molar-refractivity contribution in [1.82, 2.24) is 5.32 Å². The van der Waals surface area contributed by atoms with E-state index in [4.69, 9.17) is 0 Å². The molecule has 0 radical (unpaired) electrons. The van der Waals surface area contributed by atoms with Crippen LogP contribution in [0, 0.1) is 10.1 Å². The zero-order valence-corrected chi connectivity index (χ0v) is 9.47. The highest BCUT2D eigenvalue weighted by molar-refractivity contribution is 7.15. The number of thiophene rings is 1. The van der Waals surface area contributed by atoms with Crippen molar-refractivity contribution >= 4 is 16.3 Å². The van der Waals surface area contributed by atoms with Gasteiger partial charge in [-0.15, -0.1) is 0 Å². The minimum Gasteiger partial charge on any atom is -0.307 e. The molecule has 1 heterocycles. The van der Waals surface area contributed by atoms with Gasteiger partial charge in [-0.3, -0.25) is 10.1 Å². The average Bonchev–Trinajstić information content (AvgIpc) is 2.60. The lowest BCUT2D eigenvalue weighted by Crippen LogP contribution is -2.47. The second-order valence-electron chi connectivity index (χ2n) is 4.26. The van der Waals surface area contributed by atoms with Gasteiger partial charge in [0, 0.05) is 23.0 Å². The molecular weight excluding hydrogens is 212 g/mol. The van der Waals surface area contributed by atoms with Gasteiger partial charge in [0.25, 0.3) is 0 Å². The molecule has 0 saturated heterocycles. The molecule has 0 atom stereocenters. The summed E-state index contributed by atoms with van der Waals surface area (Å²) >= 11 is 1.25. The van der Waals surface area contributed by atoms with E-state index >= 15 is 0 Å². The summed E-state index contributed by atoms with van der Waals surface area (Å²) in [5, 5.41) is 14.2. The van der Waals surface area contributed by atoms with Crippen molar-refractivity contribution in [2.24, 2.45) is 0 Å². The number of nitrogens with zero attached hydrogens (tertiary/aromatic N) is 1. The van der Waals surface area contributed by atoms with E-state index in [1.165, 1.54) is 30.6 Å². The third-order valence-electron chi connectivity index (χ3n) is 2.97. The lowest BCUT2D eigenvalue weighted by Gasteiger charge is -2.39. The summed E-state index contributed by atoms with van der Waals surface area (Å²) in [7, 11) is 0. The summed E-state index contributed by atoms with van der Waals surface area (Å²) in [6, 6.07) is 3.41. The van der Waals surface area contributed by atoms with E-state index in [-0.39, 0.29) is 15.5 Å². The fraction of sp³-hybridized carbons (Fsp3) is 0.600. The zero-order valence-electron chi connectivity index (χ0n) is 8.66. The first kappa shape index (κ1) is 10.6. The van der Waals surface area contributed by atoms with Crippen molar-refractivity contribution < 1.29 is 4.92 Å². The van der Waals surface area contributed by atoms with Crippen LogP contribution in [0.4, 0.5) is 5.00 Å². The second kappa shape index (κ2) is 3.90. The summed E-state index contributed by atoms with van der Waals surface area (Å²) in [5.41, 5.74) is 0.263. The van der Waals surface area contributed by atoms with Crippen molar-refractivity contribution in [3.8, 4) is 0 Å². The predicted octanol–water partition coefficient (Wildman–Crippen LogP) is 2.69. The Hall–Kier alpha value is -0.940. The molecule has 1 aliphatic rings. The SMILES string of the molecule is CC1(NCc2ccc([N+](=O)[O-])s2)CCC1. The van der Waals surface area contributed by atoms with Gasteiger partial charge in [0.15, 0.2) is 0 Å². The van der Waals surface area contributed by atoms with Gasteiger partial charge in [-0.05, 0) is 32.3 Å². The van der Waals surface area contributed by atoms with E-state index in [0.29, 0.717) is 0 Å². The Morgan fingerprint density at radius 3 is 2.80 bits per heavy atom. The third kappa shape index (κ3) is 2.35. The van der Waals surface area contributed by atoms with E-state index in [2.05, 4.69) is 12.2 Å². The normalized spacial score (nSPS) is 18.5. The van der Waals surface area contributed by atoms with Crippen molar-refractivity contribution in [1.29, 1.82) is 0 Å². The van der Waals surface area contributed by atoms with Gasteiger partial charge >= 0.3 is 5.00 Å². The van der Waals surface area contributed by atoms with Crippen molar-refractivity contribution in [3.05, 3.63) is 27.1 Å². The van der Waals surface area contributed by atoms with Gasteiger partial charge in [0.2, 0.25) is 0 Å². The van der Waals surface area contributed by atoms with Crippen LogP contribution in [0.25, 0.3) is 0 Å². The summed E-state index contributed by atoms with van der Waals surface area (Å²) in [6.45, 7) is 2.95. The number of nitro groups is 1. The minimum atomic E-state index is -0.334. The number of rotatable bonds is 4. The maximum Gasteiger partial charge on any atom is 0.324 e. The number of hydrogen-bond acceptors (Lipinski definition) is 4. The van der Waals surface area contributed by atoms with Crippen LogP contribution in [0.2, 0.25) is 0 Å². The molecule has 0 unspecified atom stereocenters. The van der Waals surface area contributed by atoms with Gasteiger partial charge in [-0.1, -0.05) is 11.3 Å². The molecule has 1 saturated carbocycles. The van der Waals surface area contributed by atoms with Crippen LogP contribution in [0.1, 0.15) is 31.1 Å². The Morgan fingerprint density at radius 1 is 1.60 bits per heavy atom. The quantitative estimate of drug-likeness (QED) is 0.634. The van der Waals surface area contributed by atoms with E-state index in [1.807, 2.05) is 6.07 Å². The van der Waals surface area contributed by atoms with Crippen LogP contribution >= 0.6 is 11.3 Å². The molecule has 5 heteroatoms. The van der Waals surface area contributed by atoms with Crippen LogP contribution in [-0.4, -0.2) is 10.5 Å². The van der Waals surface area contributed by atoms with Gasteiger partial charge in [0.05, 0.1) is 4.92 Å². The molecule has 1 aromatic heterocycles. The van der Waals surface area contributed by atoms with E-state index in [0.717, 1.165) is 11.4 Å². The Balaban J connectivity index is 1.90. The van der Waals surface area contributed by atoms with Crippen LogP contribution in [0.15, 0.2) is 12.1 Å². The Morgan fingerprint density at radius 2 is 2.33 bits per heavy atom. The third-order valence-corrected chi connectivity index (χ3v) is 4.01. The molecule has 1 fully saturated rings. The first-order chi connectivity index (χ1) is 7.09.